The summed E-state index contributed by atoms with van der Waals surface area (Å²) in [5.74, 6) is 1.59. The zero-order valence-electron chi connectivity index (χ0n) is 19.4. The molecule has 2 aromatic rings. The number of nitrogens with one attached hydrogen (secondary N) is 1. The van der Waals surface area contributed by atoms with Crippen molar-refractivity contribution in [2.24, 2.45) is 0 Å². The third-order valence-corrected chi connectivity index (χ3v) is 6.09. The average molecular weight is 426 g/mol. The fraction of sp³-hybridized carbons (Fsp3) is 0.480. The van der Waals surface area contributed by atoms with Gasteiger partial charge in [-0.25, -0.2) is 0 Å². The second kappa shape index (κ2) is 10.6. The predicted octanol–water partition coefficient (Wildman–Crippen LogP) is 3.32. The fourth-order valence-corrected chi connectivity index (χ4v) is 3.95. The highest BCUT2D eigenvalue weighted by atomic mass is 16.5. The van der Waals surface area contributed by atoms with Crippen molar-refractivity contribution in [2.45, 2.75) is 33.4 Å². The van der Waals surface area contributed by atoms with E-state index in [4.69, 9.17) is 9.47 Å². The number of aryl methyl sites for hydroxylation is 2. The molecule has 3 rings (SSSR count). The van der Waals surface area contributed by atoms with Crippen molar-refractivity contribution in [3.05, 3.63) is 58.7 Å². The number of carbonyl (C=O) groups is 1. The molecule has 0 saturated carbocycles. The Balaban J connectivity index is 1.45. The average Bonchev–Trinajstić information content (AvgIpc) is 2.76. The summed E-state index contributed by atoms with van der Waals surface area (Å²) in [4.78, 5) is 17.2. The number of amides is 1. The van der Waals surface area contributed by atoms with E-state index in [2.05, 4.69) is 53.2 Å². The van der Waals surface area contributed by atoms with Gasteiger partial charge in [0, 0.05) is 32.7 Å². The summed E-state index contributed by atoms with van der Waals surface area (Å²) in [6, 6.07) is 12.4. The molecule has 1 N–H and O–H groups in total. The molecule has 6 heteroatoms. The number of carbonyl (C=O) groups excluding carboxylic acids is 1. The molecule has 0 spiro atoms. The van der Waals surface area contributed by atoms with Crippen molar-refractivity contribution in [1.82, 2.24) is 15.1 Å². The molecule has 1 saturated heterocycles. The van der Waals surface area contributed by atoms with E-state index < -0.39 is 0 Å². The SMILES string of the molecule is COc1ccc(CN2CCN(CC(=O)N[C@H](C)c3ccc(C)c(C)c3)CC2)cc1OC. The number of rotatable bonds is 8. The van der Waals surface area contributed by atoms with E-state index in [0.29, 0.717) is 6.54 Å². The highest BCUT2D eigenvalue weighted by molar-refractivity contribution is 5.78. The van der Waals surface area contributed by atoms with Crippen molar-refractivity contribution < 1.29 is 14.3 Å². The smallest absolute Gasteiger partial charge is 0.234 e. The molecule has 168 valence electrons. The van der Waals surface area contributed by atoms with Gasteiger partial charge in [-0.3, -0.25) is 14.6 Å². The van der Waals surface area contributed by atoms with Crippen LogP contribution in [0.1, 0.15) is 35.2 Å². The Morgan fingerprint density at radius 2 is 1.61 bits per heavy atom. The summed E-state index contributed by atoms with van der Waals surface area (Å²) in [7, 11) is 3.31. The molecule has 0 aromatic heterocycles. The molecule has 0 aliphatic carbocycles. The highest BCUT2D eigenvalue weighted by Crippen LogP contribution is 2.28. The predicted molar refractivity (Wildman–Crippen MR) is 124 cm³/mol. The summed E-state index contributed by atoms with van der Waals surface area (Å²) in [5, 5.41) is 3.14. The number of piperazine rings is 1. The number of benzene rings is 2. The van der Waals surface area contributed by atoms with E-state index in [-0.39, 0.29) is 11.9 Å². The molecule has 0 bridgehead atoms. The van der Waals surface area contributed by atoms with Gasteiger partial charge in [-0.2, -0.15) is 0 Å². The molecule has 1 atom stereocenters. The van der Waals surface area contributed by atoms with Gasteiger partial charge >= 0.3 is 0 Å². The van der Waals surface area contributed by atoms with E-state index >= 15 is 0 Å². The molecule has 0 radical (unpaired) electrons. The molecule has 1 aliphatic heterocycles. The van der Waals surface area contributed by atoms with Crippen LogP contribution in [0.15, 0.2) is 36.4 Å². The maximum absolute atomic E-state index is 12.6. The Bertz CT molecular complexity index is 892. The topological polar surface area (TPSA) is 54.0 Å². The molecular formula is C25H35N3O3. The second-order valence-corrected chi connectivity index (χ2v) is 8.37. The molecule has 1 fully saturated rings. The second-order valence-electron chi connectivity index (χ2n) is 8.37. The van der Waals surface area contributed by atoms with E-state index in [9.17, 15) is 4.79 Å². The molecule has 0 unspecified atom stereocenters. The number of hydrogen-bond acceptors (Lipinski definition) is 5. The van der Waals surface area contributed by atoms with Crippen LogP contribution in [0.4, 0.5) is 0 Å². The monoisotopic (exact) mass is 425 g/mol. The minimum Gasteiger partial charge on any atom is -0.493 e. The van der Waals surface area contributed by atoms with Crippen molar-refractivity contribution in [3.63, 3.8) is 0 Å². The van der Waals surface area contributed by atoms with Gasteiger partial charge in [-0.15, -0.1) is 0 Å². The minimum atomic E-state index is 0.0122. The first-order valence-corrected chi connectivity index (χ1v) is 10.9. The van der Waals surface area contributed by atoms with Crippen LogP contribution in [-0.4, -0.2) is 62.7 Å². The molecule has 1 amide bonds. The van der Waals surface area contributed by atoms with Crippen molar-refractivity contribution >= 4 is 5.91 Å². The first-order chi connectivity index (χ1) is 14.9. The Morgan fingerprint density at radius 1 is 0.935 bits per heavy atom. The van der Waals surface area contributed by atoms with Gasteiger partial charge in [0.05, 0.1) is 26.8 Å². The summed E-state index contributed by atoms with van der Waals surface area (Å²) >= 11 is 0. The van der Waals surface area contributed by atoms with Crippen molar-refractivity contribution in [3.8, 4) is 11.5 Å². The zero-order chi connectivity index (χ0) is 22.4. The Kier molecular flexibility index (Phi) is 7.93. The summed E-state index contributed by atoms with van der Waals surface area (Å²) < 4.78 is 10.7. The lowest BCUT2D eigenvalue weighted by molar-refractivity contribution is -0.123. The van der Waals surface area contributed by atoms with E-state index in [1.54, 1.807) is 14.2 Å². The maximum atomic E-state index is 12.6. The third kappa shape index (κ3) is 6.21. The van der Waals surface area contributed by atoms with Gasteiger partial charge < -0.3 is 14.8 Å². The van der Waals surface area contributed by atoms with Gasteiger partial charge in [0.2, 0.25) is 5.91 Å². The fourth-order valence-electron chi connectivity index (χ4n) is 3.95. The lowest BCUT2D eigenvalue weighted by Crippen LogP contribution is -2.49. The van der Waals surface area contributed by atoms with Crippen LogP contribution in [0.5, 0.6) is 11.5 Å². The molecule has 31 heavy (non-hydrogen) atoms. The largest absolute Gasteiger partial charge is 0.493 e. The summed E-state index contributed by atoms with van der Waals surface area (Å²) in [6.45, 7) is 11.2. The van der Waals surface area contributed by atoms with Crippen LogP contribution in [0.3, 0.4) is 0 Å². The highest BCUT2D eigenvalue weighted by Gasteiger charge is 2.20. The lowest BCUT2D eigenvalue weighted by atomic mass is 10.0. The van der Waals surface area contributed by atoms with Crippen LogP contribution in [0, 0.1) is 13.8 Å². The van der Waals surface area contributed by atoms with Crippen molar-refractivity contribution in [2.75, 3.05) is 46.9 Å². The van der Waals surface area contributed by atoms with E-state index in [1.165, 1.54) is 16.7 Å². The van der Waals surface area contributed by atoms with E-state index in [1.807, 2.05) is 19.1 Å². The summed E-state index contributed by atoms with van der Waals surface area (Å²) in [6.07, 6.45) is 0. The van der Waals surface area contributed by atoms with Gasteiger partial charge in [0.15, 0.2) is 11.5 Å². The molecule has 1 heterocycles. The van der Waals surface area contributed by atoms with Gasteiger partial charge in [-0.1, -0.05) is 24.3 Å². The van der Waals surface area contributed by atoms with Crippen LogP contribution in [0.2, 0.25) is 0 Å². The molecule has 1 aliphatic rings. The molecule has 2 aromatic carbocycles. The Hall–Kier alpha value is -2.57. The van der Waals surface area contributed by atoms with Crippen LogP contribution < -0.4 is 14.8 Å². The third-order valence-electron chi connectivity index (χ3n) is 6.09. The first-order valence-electron chi connectivity index (χ1n) is 10.9. The maximum Gasteiger partial charge on any atom is 0.234 e. The summed E-state index contributed by atoms with van der Waals surface area (Å²) in [5.41, 5.74) is 4.87. The number of methoxy groups -OCH3 is 2. The zero-order valence-corrected chi connectivity index (χ0v) is 19.4. The first kappa shape index (κ1) is 23.1. The molecule has 6 nitrogen and oxygen atoms in total. The lowest BCUT2D eigenvalue weighted by Gasteiger charge is -2.34. The van der Waals surface area contributed by atoms with Gasteiger partial charge in [0.25, 0.3) is 0 Å². The van der Waals surface area contributed by atoms with Crippen LogP contribution in [0.25, 0.3) is 0 Å². The van der Waals surface area contributed by atoms with Gasteiger partial charge in [-0.05, 0) is 55.2 Å². The quantitative estimate of drug-likeness (QED) is 0.703. The number of ether oxygens (including phenoxy) is 2. The van der Waals surface area contributed by atoms with E-state index in [0.717, 1.165) is 49.8 Å². The Labute approximate surface area is 186 Å². The normalized spacial score (nSPS) is 16.0. The van der Waals surface area contributed by atoms with Crippen molar-refractivity contribution in [1.29, 1.82) is 0 Å². The Morgan fingerprint density at radius 3 is 2.26 bits per heavy atom. The number of nitrogens with zero attached hydrogens (tertiary/aromatic N) is 2. The van der Waals surface area contributed by atoms with Gasteiger partial charge in [0.1, 0.15) is 0 Å². The minimum absolute atomic E-state index is 0.0122. The van der Waals surface area contributed by atoms with Crippen LogP contribution >= 0.6 is 0 Å². The number of hydrogen-bond donors (Lipinski definition) is 1. The van der Waals surface area contributed by atoms with Crippen LogP contribution in [-0.2, 0) is 11.3 Å². The standard InChI is InChI=1S/C25H35N3O3/c1-18-6-8-22(14-19(18)2)20(3)26-25(29)17-28-12-10-27(11-13-28)16-21-7-9-23(30-4)24(15-21)31-5/h6-9,14-15,20H,10-13,16-17H2,1-5H3,(H,26,29)/t20-/m1/s1. The molecular weight excluding hydrogens is 390 g/mol.